The van der Waals surface area contributed by atoms with Crippen LogP contribution in [0.4, 0.5) is 11.6 Å². The average Bonchev–Trinajstić information content (AvgIpc) is 3.32. The zero-order valence-electron chi connectivity index (χ0n) is 20.1. The Balaban J connectivity index is 1.34. The van der Waals surface area contributed by atoms with Gasteiger partial charge in [-0.1, -0.05) is 68.4 Å². The summed E-state index contributed by atoms with van der Waals surface area (Å²) in [5, 5.41) is 15.3. The van der Waals surface area contributed by atoms with E-state index in [-0.39, 0.29) is 0 Å². The number of aromatic nitrogens is 3. The zero-order chi connectivity index (χ0) is 23.3. The fourth-order valence-electron chi connectivity index (χ4n) is 4.58. The van der Waals surface area contributed by atoms with Crippen LogP contribution in [0.3, 0.4) is 0 Å². The van der Waals surface area contributed by atoms with Gasteiger partial charge in [0.25, 0.3) is 0 Å². The molecule has 0 saturated carbocycles. The predicted octanol–water partition coefficient (Wildman–Crippen LogP) is 5.54. The highest BCUT2D eigenvalue weighted by Gasteiger charge is 2.16. The lowest BCUT2D eigenvalue weighted by atomic mass is 9.98. The van der Waals surface area contributed by atoms with Crippen LogP contribution < -0.4 is 16.0 Å². The van der Waals surface area contributed by atoms with E-state index in [1.165, 1.54) is 35.1 Å². The summed E-state index contributed by atoms with van der Waals surface area (Å²) in [6, 6.07) is 21.3. The summed E-state index contributed by atoms with van der Waals surface area (Å²) < 4.78 is 1.93. The van der Waals surface area contributed by atoms with Gasteiger partial charge in [-0.3, -0.25) is 0 Å². The highest BCUT2D eigenvalue weighted by molar-refractivity contribution is 5.64. The fourth-order valence-corrected chi connectivity index (χ4v) is 4.58. The molecule has 0 radical (unpaired) electrons. The van der Waals surface area contributed by atoms with E-state index >= 15 is 0 Å². The number of fused-ring (bicyclic) bond motifs is 1. The minimum atomic E-state index is 0.364. The van der Waals surface area contributed by atoms with Gasteiger partial charge in [-0.05, 0) is 54.5 Å². The molecule has 0 spiro atoms. The van der Waals surface area contributed by atoms with E-state index in [2.05, 4.69) is 89.5 Å². The third-order valence-electron chi connectivity index (χ3n) is 6.69. The van der Waals surface area contributed by atoms with Crippen LogP contribution in [0.25, 0.3) is 16.8 Å². The molecule has 0 atom stereocenters. The van der Waals surface area contributed by atoms with Gasteiger partial charge >= 0.3 is 0 Å². The molecule has 1 fully saturated rings. The minimum absolute atomic E-state index is 0.364. The third kappa shape index (κ3) is 5.07. The molecule has 0 amide bonds. The molecule has 6 heteroatoms. The molecular formula is C28H34N6. The van der Waals surface area contributed by atoms with Gasteiger partial charge in [-0.2, -0.15) is 9.61 Å². The maximum Gasteiger partial charge on any atom is 0.163 e. The first kappa shape index (κ1) is 22.4. The largest absolute Gasteiger partial charge is 0.370 e. The summed E-state index contributed by atoms with van der Waals surface area (Å²) in [5.74, 6) is 2.92. The van der Waals surface area contributed by atoms with Gasteiger partial charge in [0.05, 0.1) is 6.20 Å². The van der Waals surface area contributed by atoms with E-state index in [9.17, 15) is 0 Å². The number of nitrogens with zero attached hydrogens (tertiary/aromatic N) is 3. The maximum absolute atomic E-state index is 4.94. The Labute approximate surface area is 201 Å². The molecule has 34 heavy (non-hydrogen) atoms. The molecule has 0 bridgehead atoms. The van der Waals surface area contributed by atoms with Crippen LogP contribution in [0.15, 0.2) is 66.9 Å². The van der Waals surface area contributed by atoms with Crippen molar-refractivity contribution in [2.75, 3.05) is 30.3 Å². The predicted molar refractivity (Wildman–Crippen MR) is 140 cm³/mol. The standard InChI is InChI=1S/C28H34N6/c1-20(2)25-19-32-34-27(16-26(33-28(25)34)30-17-22-12-14-29-15-13-22)31-18-21-8-10-24(11-9-21)23-6-4-3-5-7-23/h3-11,16,19-20,22,29,31H,12-15,17-18H2,1-2H3,(H,30,33). The Morgan fingerprint density at radius 2 is 1.71 bits per heavy atom. The second-order valence-corrected chi connectivity index (χ2v) is 9.51. The monoisotopic (exact) mass is 454 g/mol. The van der Waals surface area contributed by atoms with Crippen molar-refractivity contribution < 1.29 is 0 Å². The zero-order valence-corrected chi connectivity index (χ0v) is 20.1. The van der Waals surface area contributed by atoms with Crippen molar-refractivity contribution in [3.05, 3.63) is 78.0 Å². The van der Waals surface area contributed by atoms with Gasteiger partial charge in [0, 0.05) is 24.7 Å². The number of hydrogen-bond acceptors (Lipinski definition) is 5. The van der Waals surface area contributed by atoms with Crippen LogP contribution >= 0.6 is 0 Å². The van der Waals surface area contributed by atoms with Gasteiger partial charge in [0.2, 0.25) is 0 Å². The quantitative estimate of drug-likeness (QED) is 0.326. The lowest BCUT2D eigenvalue weighted by Gasteiger charge is -2.23. The highest BCUT2D eigenvalue weighted by Crippen LogP contribution is 2.25. The SMILES string of the molecule is CC(C)c1cnn2c(NCc3ccc(-c4ccccc4)cc3)cc(NCC3CCNCC3)nc12. The summed E-state index contributed by atoms with van der Waals surface area (Å²) >= 11 is 0. The van der Waals surface area contributed by atoms with Crippen LogP contribution in [-0.4, -0.2) is 34.2 Å². The van der Waals surface area contributed by atoms with Crippen LogP contribution in [0.5, 0.6) is 0 Å². The van der Waals surface area contributed by atoms with Crippen molar-refractivity contribution in [1.82, 2.24) is 19.9 Å². The normalized spacial score (nSPS) is 14.6. The van der Waals surface area contributed by atoms with E-state index in [0.717, 1.165) is 43.5 Å². The Morgan fingerprint density at radius 3 is 2.44 bits per heavy atom. The first-order valence-corrected chi connectivity index (χ1v) is 12.4. The van der Waals surface area contributed by atoms with Crippen LogP contribution in [-0.2, 0) is 6.54 Å². The molecule has 0 unspecified atom stereocenters. The molecule has 2 aromatic carbocycles. The van der Waals surface area contributed by atoms with E-state index in [1.54, 1.807) is 0 Å². The Hall–Kier alpha value is -3.38. The Bertz CT molecular complexity index is 1210. The molecule has 4 aromatic rings. The number of rotatable bonds is 8. The highest BCUT2D eigenvalue weighted by atomic mass is 15.3. The third-order valence-corrected chi connectivity index (χ3v) is 6.69. The first-order chi connectivity index (χ1) is 16.7. The molecule has 2 aromatic heterocycles. The van der Waals surface area contributed by atoms with Gasteiger partial charge < -0.3 is 16.0 Å². The Kier molecular flexibility index (Phi) is 6.77. The Morgan fingerprint density at radius 1 is 0.971 bits per heavy atom. The molecule has 6 nitrogen and oxygen atoms in total. The van der Waals surface area contributed by atoms with Crippen LogP contribution in [0, 0.1) is 5.92 Å². The fraction of sp³-hybridized carbons (Fsp3) is 0.357. The first-order valence-electron chi connectivity index (χ1n) is 12.4. The van der Waals surface area contributed by atoms with Crippen molar-refractivity contribution in [1.29, 1.82) is 0 Å². The smallest absolute Gasteiger partial charge is 0.163 e. The van der Waals surface area contributed by atoms with Gasteiger partial charge in [-0.15, -0.1) is 0 Å². The average molecular weight is 455 g/mol. The molecule has 0 aliphatic carbocycles. The number of hydrogen-bond donors (Lipinski definition) is 3. The second-order valence-electron chi connectivity index (χ2n) is 9.51. The second kappa shape index (κ2) is 10.3. The molecular weight excluding hydrogens is 420 g/mol. The van der Waals surface area contributed by atoms with Gasteiger partial charge in [-0.25, -0.2) is 4.98 Å². The summed E-state index contributed by atoms with van der Waals surface area (Å²) in [7, 11) is 0. The lowest BCUT2D eigenvalue weighted by molar-refractivity contribution is 0.389. The van der Waals surface area contributed by atoms with Gasteiger partial charge in [0.1, 0.15) is 11.6 Å². The van der Waals surface area contributed by atoms with Crippen molar-refractivity contribution in [2.45, 2.75) is 39.2 Å². The van der Waals surface area contributed by atoms with E-state index < -0.39 is 0 Å². The number of anilines is 2. The minimum Gasteiger partial charge on any atom is -0.370 e. The molecule has 176 valence electrons. The van der Waals surface area contributed by atoms with E-state index in [4.69, 9.17) is 4.98 Å². The number of piperidine rings is 1. The van der Waals surface area contributed by atoms with Crippen molar-refractivity contribution >= 4 is 17.3 Å². The summed E-state index contributed by atoms with van der Waals surface area (Å²) in [6.45, 7) is 8.27. The number of benzene rings is 2. The molecule has 1 aliphatic heterocycles. The molecule has 5 rings (SSSR count). The van der Waals surface area contributed by atoms with Crippen molar-refractivity contribution in [2.24, 2.45) is 5.92 Å². The van der Waals surface area contributed by atoms with E-state index in [1.807, 2.05) is 16.8 Å². The number of nitrogens with one attached hydrogen (secondary N) is 3. The maximum atomic E-state index is 4.94. The summed E-state index contributed by atoms with van der Waals surface area (Å²) in [5.41, 5.74) is 5.78. The molecule has 1 aliphatic rings. The van der Waals surface area contributed by atoms with Crippen LogP contribution in [0.1, 0.15) is 43.7 Å². The summed E-state index contributed by atoms with van der Waals surface area (Å²) in [6.07, 6.45) is 4.37. The molecule has 3 heterocycles. The summed E-state index contributed by atoms with van der Waals surface area (Å²) in [4.78, 5) is 4.94. The molecule has 1 saturated heterocycles. The van der Waals surface area contributed by atoms with Gasteiger partial charge in [0.15, 0.2) is 5.65 Å². The van der Waals surface area contributed by atoms with Crippen LogP contribution in [0.2, 0.25) is 0 Å². The van der Waals surface area contributed by atoms with Crippen molar-refractivity contribution in [3.8, 4) is 11.1 Å². The topological polar surface area (TPSA) is 66.3 Å². The lowest BCUT2D eigenvalue weighted by Crippen LogP contribution is -2.31. The van der Waals surface area contributed by atoms with Crippen molar-refractivity contribution in [3.63, 3.8) is 0 Å². The van der Waals surface area contributed by atoms with E-state index in [0.29, 0.717) is 11.8 Å². The molecule has 3 N–H and O–H groups in total.